The summed E-state index contributed by atoms with van der Waals surface area (Å²) in [7, 11) is 0. The number of carboxylic acids is 1. The first-order valence-electron chi connectivity index (χ1n) is 4.92. The molecule has 1 saturated carbocycles. The van der Waals surface area contributed by atoms with Crippen LogP contribution in [-0.4, -0.2) is 21.8 Å². The molecule has 0 bridgehead atoms. The molecule has 1 aliphatic carbocycles. The molecule has 0 aromatic heterocycles. The van der Waals surface area contributed by atoms with Gasteiger partial charge >= 0.3 is 5.97 Å². The predicted octanol–water partition coefficient (Wildman–Crippen LogP) is 1.65. The molecule has 0 amide bonds. The van der Waals surface area contributed by atoms with Crippen molar-refractivity contribution in [1.29, 1.82) is 0 Å². The van der Waals surface area contributed by atoms with Crippen LogP contribution in [0, 0.1) is 11.8 Å². The van der Waals surface area contributed by atoms with Crippen molar-refractivity contribution in [1.82, 2.24) is 0 Å². The molecule has 0 heterocycles. The average molecular weight is 186 g/mol. The van der Waals surface area contributed by atoms with E-state index in [-0.39, 0.29) is 5.92 Å². The number of aliphatic hydroxyl groups is 1. The van der Waals surface area contributed by atoms with Crippen molar-refractivity contribution in [3.05, 3.63) is 0 Å². The fourth-order valence-electron chi connectivity index (χ4n) is 1.99. The van der Waals surface area contributed by atoms with Gasteiger partial charge in [-0.05, 0) is 25.2 Å². The summed E-state index contributed by atoms with van der Waals surface area (Å²) in [5.41, 5.74) is -0.682. The molecule has 3 heteroatoms. The van der Waals surface area contributed by atoms with Gasteiger partial charge in [0.25, 0.3) is 0 Å². The summed E-state index contributed by atoms with van der Waals surface area (Å²) < 4.78 is 0. The molecule has 0 aliphatic heterocycles. The van der Waals surface area contributed by atoms with E-state index in [9.17, 15) is 9.90 Å². The van der Waals surface area contributed by atoms with Gasteiger partial charge in [-0.3, -0.25) is 4.79 Å². The quantitative estimate of drug-likeness (QED) is 0.701. The van der Waals surface area contributed by atoms with Crippen LogP contribution >= 0.6 is 0 Å². The highest BCUT2D eigenvalue weighted by atomic mass is 16.4. The molecule has 1 rings (SSSR count). The Morgan fingerprint density at radius 3 is 2.54 bits per heavy atom. The number of rotatable bonds is 4. The van der Waals surface area contributed by atoms with Crippen LogP contribution < -0.4 is 0 Å². The Balaban J connectivity index is 2.33. The van der Waals surface area contributed by atoms with Crippen LogP contribution in [0.1, 0.15) is 39.5 Å². The minimum Gasteiger partial charge on any atom is -0.481 e. The molecule has 0 aromatic carbocycles. The second-order valence-corrected chi connectivity index (χ2v) is 4.39. The first-order chi connectivity index (χ1) is 5.97. The summed E-state index contributed by atoms with van der Waals surface area (Å²) in [6.07, 6.45) is 2.66. The van der Waals surface area contributed by atoms with Crippen molar-refractivity contribution in [2.45, 2.75) is 45.1 Å². The van der Waals surface area contributed by atoms with Gasteiger partial charge in [-0.15, -0.1) is 0 Å². The lowest BCUT2D eigenvalue weighted by Gasteiger charge is -2.43. The van der Waals surface area contributed by atoms with E-state index in [2.05, 4.69) is 13.8 Å². The third-order valence-corrected chi connectivity index (χ3v) is 3.03. The van der Waals surface area contributed by atoms with Gasteiger partial charge in [0, 0.05) is 0 Å². The molecule has 1 unspecified atom stereocenters. The number of carbonyl (C=O) groups is 1. The van der Waals surface area contributed by atoms with Crippen LogP contribution in [0.4, 0.5) is 0 Å². The third kappa shape index (κ3) is 2.44. The molecule has 0 aromatic rings. The minimum atomic E-state index is -0.770. The molecular formula is C10H18O3. The van der Waals surface area contributed by atoms with Crippen LogP contribution in [0.15, 0.2) is 0 Å². The molecule has 2 N–H and O–H groups in total. The zero-order chi connectivity index (χ0) is 10.1. The summed E-state index contributed by atoms with van der Waals surface area (Å²) in [5.74, 6) is -0.595. The zero-order valence-electron chi connectivity index (χ0n) is 8.29. The topological polar surface area (TPSA) is 57.5 Å². The number of aliphatic carboxylic acids is 1. The van der Waals surface area contributed by atoms with Gasteiger partial charge in [0.1, 0.15) is 0 Å². The summed E-state index contributed by atoms with van der Waals surface area (Å²) >= 11 is 0. The van der Waals surface area contributed by atoms with Crippen molar-refractivity contribution in [2.24, 2.45) is 11.8 Å². The molecule has 13 heavy (non-hydrogen) atoms. The molecule has 3 nitrogen and oxygen atoms in total. The molecular weight excluding hydrogens is 168 g/mol. The molecule has 0 saturated heterocycles. The van der Waals surface area contributed by atoms with Crippen molar-refractivity contribution in [2.75, 3.05) is 0 Å². The van der Waals surface area contributed by atoms with Crippen LogP contribution in [0.25, 0.3) is 0 Å². The summed E-state index contributed by atoms with van der Waals surface area (Å²) in [6.45, 7) is 4.17. The monoisotopic (exact) mass is 186 g/mol. The maximum Gasteiger partial charge on any atom is 0.306 e. The second-order valence-electron chi connectivity index (χ2n) is 4.39. The Morgan fingerprint density at radius 2 is 2.15 bits per heavy atom. The van der Waals surface area contributed by atoms with Crippen molar-refractivity contribution in [3.63, 3.8) is 0 Å². The highest BCUT2D eigenvalue weighted by molar-refractivity contribution is 5.71. The Hall–Kier alpha value is -0.570. The second kappa shape index (κ2) is 3.66. The van der Waals surface area contributed by atoms with E-state index >= 15 is 0 Å². The predicted molar refractivity (Wildman–Crippen MR) is 49.4 cm³/mol. The fraction of sp³-hybridized carbons (Fsp3) is 0.900. The number of carboxylic acid groups (broad SMARTS) is 1. The smallest absolute Gasteiger partial charge is 0.306 e. The van der Waals surface area contributed by atoms with E-state index in [1.165, 1.54) is 0 Å². The van der Waals surface area contributed by atoms with E-state index in [1.807, 2.05) is 0 Å². The van der Waals surface area contributed by atoms with Crippen LogP contribution in [-0.2, 0) is 4.79 Å². The third-order valence-electron chi connectivity index (χ3n) is 3.03. The van der Waals surface area contributed by atoms with Gasteiger partial charge in [-0.25, -0.2) is 0 Å². The van der Waals surface area contributed by atoms with Gasteiger partial charge in [-0.1, -0.05) is 20.3 Å². The highest BCUT2D eigenvalue weighted by Crippen LogP contribution is 2.42. The Labute approximate surface area is 78.8 Å². The maximum absolute atomic E-state index is 10.5. The Kier molecular flexibility index (Phi) is 2.96. The largest absolute Gasteiger partial charge is 0.481 e. The molecule has 1 aliphatic rings. The van der Waals surface area contributed by atoms with Gasteiger partial charge in [0.15, 0.2) is 0 Å². The fourth-order valence-corrected chi connectivity index (χ4v) is 1.99. The molecule has 0 radical (unpaired) electrons. The minimum absolute atomic E-state index is 0.311. The van der Waals surface area contributed by atoms with E-state index in [1.54, 1.807) is 0 Å². The van der Waals surface area contributed by atoms with Gasteiger partial charge in [-0.2, -0.15) is 0 Å². The molecule has 1 fully saturated rings. The van der Waals surface area contributed by atoms with Crippen LogP contribution in [0.5, 0.6) is 0 Å². The van der Waals surface area contributed by atoms with E-state index in [0.717, 1.165) is 12.8 Å². The zero-order valence-corrected chi connectivity index (χ0v) is 8.29. The Morgan fingerprint density at radius 1 is 1.62 bits per heavy atom. The SMILES string of the molecule is CCC(C)CC1(O)CC(C(=O)O)C1. The van der Waals surface area contributed by atoms with E-state index < -0.39 is 11.6 Å². The van der Waals surface area contributed by atoms with Crippen molar-refractivity contribution < 1.29 is 15.0 Å². The molecule has 1 atom stereocenters. The normalized spacial score (nSPS) is 35.2. The lowest BCUT2D eigenvalue weighted by atomic mass is 9.67. The maximum atomic E-state index is 10.5. The Bertz CT molecular complexity index is 194. The molecule has 76 valence electrons. The van der Waals surface area contributed by atoms with Crippen molar-refractivity contribution >= 4 is 5.97 Å². The van der Waals surface area contributed by atoms with Crippen LogP contribution in [0.3, 0.4) is 0 Å². The number of hydrogen-bond donors (Lipinski definition) is 2. The first kappa shape index (κ1) is 10.5. The van der Waals surface area contributed by atoms with Crippen molar-refractivity contribution in [3.8, 4) is 0 Å². The lowest BCUT2D eigenvalue weighted by Crippen LogP contribution is -2.47. The molecule has 0 spiro atoms. The first-order valence-corrected chi connectivity index (χ1v) is 4.92. The highest BCUT2D eigenvalue weighted by Gasteiger charge is 2.46. The van der Waals surface area contributed by atoms with Gasteiger partial charge in [0.2, 0.25) is 0 Å². The number of hydrogen-bond acceptors (Lipinski definition) is 2. The summed E-state index contributed by atoms with van der Waals surface area (Å²) in [6, 6.07) is 0. The standard InChI is InChI=1S/C10H18O3/c1-3-7(2)4-10(13)5-8(6-10)9(11)12/h7-8,13H,3-6H2,1-2H3,(H,11,12). The van der Waals surface area contributed by atoms with Crippen LogP contribution in [0.2, 0.25) is 0 Å². The van der Waals surface area contributed by atoms with Gasteiger partial charge in [0.05, 0.1) is 11.5 Å². The summed E-state index contributed by atoms with van der Waals surface area (Å²) in [5, 5.41) is 18.5. The lowest BCUT2D eigenvalue weighted by molar-refractivity contribution is -0.160. The van der Waals surface area contributed by atoms with E-state index in [4.69, 9.17) is 5.11 Å². The van der Waals surface area contributed by atoms with Gasteiger partial charge < -0.3 is 10.2 Å². The summed E-state index contributed by atoms with van der Waals surface area (Å²) in [4.78, 5) is 10.5. The average Bonchev–Trinajstić information content (AvgIpc) is 1.99. The van der Waals surface area contributed by atoms with E-state index in [0.29, 0.717) is 18.8 Å².